The molecule has 0 aliphatic heterocycles. The summed E-state index contributed by atoms with van der Waals surface area (Å²) >= 11 is 5.76. The third-order valence-corrected chi connectivity index (χ3v) is 2.62. The fourth-order valence-corrected chi connectivity index (χ4v) is 1.61. The molecular formula is C13H16ClN3O. The van der Waals surface area contributed by atoms with Crippen LogP contribution < -0.4 is 5.32 Å². The minimum Gasteiger partial charge on any atom is -0.325 e. The molecule has 0 aliphatic rings. The van der Waals surface area contributed by atoms with E-state index in [0.29, 0.717) is 18.0 Å². The van der Waals surface area contributed by atoms with E-state index in [1.54, 1.807) is 24.3 Å². The van der Waals surface area contributed by atoms with Crippen LogP contribution in [0.1, 0.15) is 12.8 Å². The Labute approximate surface area is 112 Å². The zero-order valence-corrected chi connectivity index (χ0v) is 11.1. The first-order chi connectivity index (χ1) is 8.61. The Hall–Kier alpha value is -1.57. The molecule has 0 aromatic heterocycles. The topological polar surface area (TPSA) is 56.1 Å². The van der Waals surface area contributed by atoms with Crippen molar-refractivity contribution < 1.29 is 4.79 Å². The average Bonchev–Trinajstić information content (AvgIpc) is 2.32. The largest absolute Gasteiger partial charge is 0.325 e. The number of hydrogen-bond acceptors (Lipinski definition) is 3. The van der Waals surface area contributed by atoms with Gasteiger partial charge in [-0.05, 0) is 44.3 Å². The molecule has 0 unspecified atom stereocenters. The Kier molecular flexibility index (Phi) is 6.20. The van der Waals surface area contributed by atoms with Crippen LogP contribution in [0.15, 0.2) is 24.3 Å². The number of likely N-dealkylation sites (N-methyl/N-ethyl adjacent to an activating group) is 1. The Morgan fingerprint density at radius 3 is 2.72 bits per heavy atom. The average molecular weight is 266 g/mol. The van der Waals surface area contributed by atoms with Gasteiger partial charge in [0.1, 0.15) is 0 Å². The van der Waals surface area contributed by atoms with Gasteiger partial charge in [0, 0.05) is 17.1 Å². The summed E-state index contributed by atoms with van der Waals surface area (Å²) in [6, 6.07) is 9.06. The number of halogens is 1. The summed E-state index contributed by atoms with van der Waals surface area (Å²) < 4.78 is 0. The van der Waals surface area contributed by atoms with Crippen LogP contribution in [0.2, 0.25) is 5.02 Å². The third-order valence-electron chi connectivity index (χ3n) is 2.37. The summed E-state index contributed by atoms with van der Waals surface area (Å²) in [7, 11) is 1.86. The standard InChI is InChI=1S/C13H16ClN3O/c1-17(9-3-2-8-15)10-13(18)16-12-6-4-11(14)5-7-12/h4-7H,2-3,9-10H2,1H3,(H,16,18). The first kappa shape index (κ1) is 14.5. The Balaban J connectivity index is 2.33. The van der Waals surface area contributed by atoms with Crippen molar-refractivity contribution in [1.82, 2.24) is 4.90 Å². The van der Waals surface area contributed by atoms with Crippen molar-refractivity contribution in [3.8, 4) is 6.07 Å². The molecule has 1 amide bonds. The second-order valence-corrected chi connectivity index (χ2v) is 4.49. The molecule has 0 heterocycles. The predicted molar refractivity (Wildman–Crippen MR) is 72.4 cm³/mol. The predicted octanol–water partition coefficient (Wildman–Crippen LogP) is 2.51. The van der Waals surface area contributed by atoms with Crippen molar-refractivity contribution in [2.24, 2.45) is 0 Å². The fourth-order valence-electron chi connectivity index (χ4n) is 1.49. The number of hydrogen-bond donors (Lipinski definition) is 1. The smallest absolute Gasteiger partial charge is 0.238 e. The quantitative estimate of drug-likeness (QED) is 0.804. The van der Waals surface area contributed by atoms with E-state index in [0.717, 1.165) is 18.7 Å². The number of rotatable bonds is 6. The minimum atomic E-state index is -0.0724. The molecule has 0 aliphatic carbocycles. The lowest BCUT2D eigenvalue weighted by Gasteiger charge is -2.15. The van der Waals surface area contributed by atoms with Gasteiger partial charge in [-0.1, -0.05) is 11.6 Å². The lowest BCUT2D eigenvalue weighted by molar-refractivity contribution is -0.117. The van der Waals surface area contributed by atoms with Crippen LogP contribution in [0.5, 0.6) is 0 Å². The summed E-state index contributed by atoms with van der Waals surface area (Å²) in [6.45, 7) is 1.05. The molecular weight excluding hydrogens is 250 g/mol. The van der Waals surface area contributed by atoms with Crippen molar-refractivity contribution in [2.45, 2.75) is 12.8 Å². The molecule has 0 saturated carbocycles. The van der Waals surface area contributed by atoms with Gasteiger partial charge in [0.25, 0.3) is 0 Å². The minimum absolute atomic E-state index is 0.0724. The van der Waals surface area contributed by atoms with Crippen molar-refractivity contribution in [1.29, 1.82) is 5.26 Å². The van der Waals surface area contributed by atoms with Gasteiger partial charge >= 0.3 is 0 Å². The first-order valence-corrected chi connectivity index (χ1v) is 6.10. The van der Waals surface area contributed by atoms with Crippen molar-refractivity contribution in [2.75, 3.05) is 25.5 Å². The molecule has 96 valence electrons. The van der Waals surface area contributed by atoms with Gasteiger partial charge in [-0.3, -0.25) is 9.69 Å². The van der Waals surface area contributed by atoms with Crippen LogP contribution in [-0.4, -0.2) is 30.9 Å². The van der Waals surface area contributed by atoms with Crippen LogP contribution in [0.25, 0.3) is 0 Å². The molecule has 0 radical (unpaired) electrons. The molecule has 1 rings (SSSR count). The van der Waals surface area contributed by atoms with Crippen LogP contribution >= 0.6 is 11.6 Å². The van der Waals surface area contributed by atoms with Crippen LogP contribution in [-0.2, 0) is 4.79 Å². The molecule has 4 nitrogen and oxygen atoms in total. The van der Waals surface area contributed by atoms with Crippen LogP contribution in [0.4, 0.5) is 5.69 Å². The molecule has 1 aromatic rings. The van der Waals surface area contributed by atoms with E-state index in [1.807, 2.05) is 11.9 Å². The highest BCUT2D eigenvalue weighted by molar-refractivity contribution is 6.30. The van der Waals surface area contributed by atoms with Crippen molar-refractivity contribution in [3.05, 3.63) is 29.3 Å². The number of carbonyl (C=O) groups excluding carboxylic acids is 1. The monoisotopic (exact) mass is 265 g/mol. The number of nitrogens with one attached hydrogen (secondary N) is 1. The summed E-state index contributed by atoms with van der Waals surface area (Å²) in [4.78, 5) is 13.6. The maximum Gasteiger partial charge on any atom is 0.238 e. The highest BCUT2D eigenvalue weighted by Crippen LogP contribution is 2.13. The van der Waals surface area contributed by atoms with E-state index in [1.165, 1.54) is 0 Å². The summed E-state index contributed by atoms with van der Waals surface area (Å²) in [5.41, 5.74) is 0.731. The molecule has 0 atom stereocenters. The second-order valence-electron chi connectivity index (χ2n) is 4.05. The molecule has 0 saturated heterocycles. The van der Waals surface area contributed by atoms with E-state index < -0.39 is 0 Å². The van der Waals surface area contributed by atoms with E-state index in [-0.39, 0.29) is 5.91 Å². The Morgan fingerprint density at radius 2 is 2.11 bits per heavy atom. The molecule has 0 spiro atoms. The lowest BCUT2D eigenvalue weighted by Crippen LogP contribution is -2.30. The van der Waals surface area contributed by atoms with Gasteiger partial charge < -0.3 is 5.32 Å². The van der Waals surface area contributed by atoms with Crippen molar-refractivity contribution >= 4 is 23.2 Å². The highest BCUT2D eigenvalue weighted by Gasteiger charge is 2.06. The molecule has 5 heteroatoms. The van der Waals surface area contributed by atoms with E-state index in [2.05, 4.69) is 11.4 Å². The van der Waals surface area contributed by atoms with E-state index in [4.69, 9.17) is 16.9 Å². The van der Waals surface area contributed by atoms with Gasteiger partial charge in [0.2, 0.25) is 5.91 Å². The number of unbranched alkanes of at least 4 members (excludes halogenated alkanes) is 1. The van der Waals surface area contributed by atoms with Gasteiger partial charge in [0.15, 0.2) is 0 Å². The molecule has 18 heavy (non-hydrogen) atoms. The molecule has 1 aromatic carbocycles. The number of carbonyl (C=O) groups is 1. The normalized spacial score (nSPS) is 10.1. The van der Waals surface area contributed by atoms with Crippen molar-refractivity contribution in [3.63, 3.8) is 0 Å². The number of nitrogens with zero attached hydrogens (tertiary/aromatic N) is 2. The van der Waals surface area contributed by atoms with E-state index in [9.17, 15) is 4.79 Å². The van der Waals surface area contributed by atoms with Crippen LogP contribution in [0, 0.1) is 11.3 Å². The van der Waals surface area contributed by atoms with Gasteiger partial charge in [-0.25, -0.2) is 0 Å². The lowest BCUT2D eigenvalue weighted by atomic mass is 10.3. The second kappa shape index (κ2) is 7.70. The number of nitriles is 1. The molecule has 0 fully saturated rings. The SMILES string of the molecule is CN(CCCC#N)CC(=O)Nc1ccc(Cl)cc1. The summed E-state index contributed by atoms with van der Waals surface area (Å²) in [5.74, 6) is -0.0724. The molecule has 0 bridgehead atoms. The maximum atomic E-state index is 11.7. The zero-order valence-electron chi connectivity index (χ0n) is 10.3. The number of anilines is 1. The number of amides is 1. The highest BCUT2D eigenvalue weighted by atomic mass is 35.5. The Morgan fingerprint density at radius 1 is 1.44 bits per heavy atom. The summed E-state index contributed by atoms with van der Waals surface area (Å²) in [6.07, 6.45) is 1.30. The number of benzene rings is 1. The van der Waals surface area contributed by atoms with Crippen LogP contribution in [0.3, 0.4) is 0 Å². The molecule has 1 N–H and O–H groups in total. The van der Waals surface area contributed by atoms with Gasteiger partial charge in [-0.15, -0.1) is 0 Å². The van der Waals surface area contributed by atoms with Gasteiger partial charge in [-0.2, -0.15) is 5.26 Å². The van der Waals surface area contributed by atoms with E-state index >= 15 is 0 Å². The summed E-state index contributed by atoms with van der Waals surface area (Å²) in [5, 5.41) is 11.8. The third kappa shape index (κ3) is 5.67. The van der Waals surface area contributed by atoms with Gasteiger partial charge in [0.05, 0.1) is 12.6 Å². The maximum absolute atomic E-state index is 11.7. The fraction of sp³-hybridized carbons (Fsp3) is 0.385. The Bertz CT molecular complexity index is 425. The zero-order chi connectivity index (χ0) is 13.4. The first-order valence-electron chi connectivity index (χ1n) is 5.72.